The SMILES string of the molecule is CC(C)C(F)(CN)c1cc2cc(Cl)ccc2o1. The second-order valence-electron chi connectivity index (χ2n) is 4.51. The molecule has 1 aromatic carbocycles. The lowest BCUT2D eigenvalue weighted by Crippen LogP contribution is -2.35. The fraction of sp³-hybridized carbons (Fsp3) is 0.385. The Balaban J connectivity index is 2.56. The van der Waals surface area contributed by atoms with Crippen LogP contribution >= 0.6 is 11.6 Å². The van der Waals surface area contributed by atoms with Crippen LogP contribution in [0.2, 0.25) is 5.02 Å². The molecule has 17 heavy (non-hydrogen) atoms. The Morgan fingerprint density at radius 1 is 1.41 bits per heavy atom. The average molecular weight is 256 g/mol. The number of hydrogen-bond donors (Lipinski definition) is 1. The zero-order valence-corrected chi connectivity index (χ0v) is 10.6. The molecule has 1 aromatic heterocycles. The topological polar surface area (TPSA) is 39.2 Å². The average Bonchev–Trinajstić information content (AvgIpc) is 2.70. The van der Waals surface area contributed by atoms with Crippen LogP contribution in [0.3, 0.4) is 0 Å². The van der Waals surface area contributed by atoms with Gasteiger partial charge in [-0.15, -0.1) is 0 Å². The molecule has 0 saturated carbocycles. The molecule has 1 unspecified atom stereocenters. The third-order valence-electron chi connectivity index (χ3n) is 3.10. The van der Waals surface area contributed by atoms with E-state index in [0.717, 1.165) is 5.39 Å². The van der Waals surface area contributed by atoms with Crippen molar-refractivity contribution in [2.24, 2.45) is 11.7 Å². The molecule has 0 fully saturated rings. The van der Waals surface area contributed by atoms with Crippen molar-refractivity contribution in [2.45, 2.75) is 19.5 Å². The van der Waals surface area contributed by atoms with Crippen LogP contribution < -0.4 is 5.73 Å². The van der Waals surface area contributed by atoms with E-state index in [4.69, 9.17) is 21.8 Å². The molecule has 0 aliphatic carbocycles. The van der Waals surface area contributed by atoms with Gasteiger partial charge in [0, 0.05) is 17.0 Å². The van der Waals surface area contributed by atoms with Gasteiger partial charge < -0.3 is 10.2 Å². The van der Waals surface area contributed by atoms with Gasteiger partial charge in [0.2, 0.25) is 0 Å². The maximum absolute atomic E-state index is 14.7. The molecule has 0 radical (unpaired) electrons. The van der Waals surface area contributed by atoms with Gasteiger partial charge in [0.15, 0.2) is 5.67 Å². The van der Waals surface area contributed by atoms with Gasteiger partial charge in [0.25, 0.3) is 0 Å². The third kappa shape index (κ3) is 2.05. The summed E-state index contributed by atoms with van der Waals surface area (Å²) in [6.45, 7) is 3.47. The Morgan fingerprint density at radius 3 is 2.71 bits per heavy atom. The minimum Gasteiger partial charge on any atom is -0.458 e. The lowest BCUT2D eigenvalue weighted by molar-refractivity contribution is 0.0827. The van der Waals surface area contributed by atoms with E-state index in [1.165, 1.54) is 0 Å². The molecule has 0 aliphatic rings. The van der Waals surface area contributed by atoms with Gasteiger partial charge in [-0.2, -0.15) is 0 Å². The predicted molar refractivity (Wildman–Crippen MR) is 67.9 cm³/mol. The first-order valence-corrected chi connectivity index (χ1v) is 5.93. The summed E-state index contributed by atoms with van der Waals surface area (Å²) in [5.41, 5.74) is 4.52. The van der Waals surface area contributed by atoms with Gasteiger partial charge in [-0.1, -0.05) is 25.4 Å². The Bertz CT molecular complexity index is 537. The van der Waals surface area contributed by atoms with E-state index in [9.17, 15) is 4.39 Å². The molecule has 1 heterocycles. The van der Waals surface area contributed by atoms with Crippen LogP contribution in [0.25, 0.3) is 11.0 Å². The summed E-state index contributed by atoms with van der Waals surface area (Å²) >= 11 is 5.88. The summed E-state index contributed by atoms with van der Waals surface area (Å²) in [5.74, 6) is 0.0239. The van der Waals surface area contributed by atoms with Crippen molar-refractivity contribution in [1.82, 2.24) is 0 Å². The van der Waals surface area contributed by atoms with Crippen molar-refractivity contribution in [3.63, 3.8) is 0 Å². The van der Waals surface area contributed by atoms with Gasteiger partial charge >= 0.3 is 0 Å². The molecule has 0 aliphatic heterocycles. The van der Waals surface area contributed by atoms with Crippen LogP contribution in [0.15, 0.2) is 28.7 Å². The number of fused-ring (bicyclic) bond motifs is 1. The molecule has 92 valence electrons. The fourth-order valence-electron chi connectivity index (χ4n) is 1.84. The Hall–Kier alpha value is -1.06. The maximum atomic E-state index is 14.7. The van der Waals surface area contributed by atoms with E-state index in [2.05, 4.69) is 0 Å². The van der Waals surface area contributed by atoms with Crippen molar-refractivity contribution in [3.8, 4) is 0 Å². The fourth-order valence-corrected chi connectivity index (χ4v) is 2.02. The number of benzene rings is 1. The summed E-state index contributed by atoms with van der Waals surface area (Å²) < 4.78 is 20.2. The summed E-state index contributed by atoms with van der Waals surface area (Å²) in [4.78, 5) is 0. The van der Waals surface area contributed by atoms with Crippen molar-refractivity contribution >= 4 is 22.6 Å². The van der Waals surface area contributed by atoms with Crippen LogP contribution in [0.1, 0.15) is 19.6 Å². The van der Waals surface area contributed by atoms with Crippen molar-refractivity contribution < 1.29 is 8.81 Å². The summed E-state index contributed by atoms with van der Waals surface area (Å²) in [5, 5.41) is 1.40. The lowest BCUT2D eigenvalue weighted by Gasteiger charge is -2.25. The van der Waals surface area contributed by atoms with Gasteiger partial charge in [-0.3, -0.25) is 0 Å². The zero-order chi connectivity index (χ0) is 12.6. The van der Waals surface area contributed by atoms with Gasteiger partial charge in [0.05, 0.1) is 0 Å². The van der Waals surface area contributed by atoms with Crippen LogP contribution in [0, 0.1) is 5.92 Å². The van der Waals surface area contributed by atoms with E-state index in [1.54, 1.807) is 38.1 Å². The first kappa shape index (κ1) is 12.4. The highest BCUT2D eigenvalue weighted by molar-refractivity contribution is 6.31. The Morgan fingerprint density at radius 2 is 2.12 bits per heavy atom. The normalized spacial score (nSPS) is 15.4. The molecule has 2 N–H and O–H groups in total. The van der Waals surface area contributed by atoms with Crippen LogP contribution in [-0.2, 0) is 5.67 Å². The first-order chi connectivity index (χ1) is 7.97. The smallest absolute Gasteiger partial charge is 0.182 e. The van der Waals surface area contributed by atoms with E-state index in [-0.39, 0.29) is 18.2 Å². The van der Waals surface area contributed by atoms with Crippen LogP contribution in [-0.4, -0.2) is 6.54 Å². The summed E-state index contributed by atoms with van der Waals surface area (Å²) in [6, 6.07) is 6.88. The highest BCUT2D eigenvalue weighted by Crippen LogP contribution is 2.36. The second-order valence-corrected chi connectivity index (χ2v) is 4.95. The lowest BCUT2D eigenvalue weighted by atomic mass is 9.90. The second kappa shape index (κ2) is 4.31. The molecule has 0 bridgehead atoms. The number of nitrogens with two attached hydrogens (primary N) is 1. The number of alkyl halides is 1. The van der Waals surface area contributed by atoms with E-state index >= 15 is 0 Å². The molecule has 0 amide bonds. The number of halogens is 2. The quantitative estimate of drug-likeness (QED) is 0.904. The molecule has 0 saturated heterocycles. The minimum atomic E-state index is -1.63. The predicted octanol–water partition coefficient (Wildman–Crippen LogP) is 3.87. The monoisotopic (exact) mass is 255 g/mol. The molecule has 1 atom stereocenters. The van der Waals surface area contributed by atoms with Gasteiger partial charge in [-0.05, 0) is 30.2 Å². The number of rotatable bonds is 3. The molecule has 4 heteroatoms. The Labute approximate surface area is 105 Å². The third-order valence-corrected chi connectivity index (χ3v) is 3.34. The van der Waals surface area contributed by atoms with Crippen LogP contribution in [0.4, 0.5) is 4.39 Å². The molecular formula is C13H15ClFNO. The van der Waals surface area contributed by atoms with Crippen LogP contribution in [0.5, 0.6) is 0 Å². The van der Waals surface area contributed by atoms with Gasteiger partial charge in [0.1, 0.15) is 11.3 Å². The van der Waals surface area contributed by atoms with Crippen molar-refractivity contribution in [3.05, 3.63) is 35.0 Å². The van der Waals surface area contributed by atoms with E-state index < -0.39 is 5.67 Å². The molecule has 2 aromatic rings. The highest BCUT2D eigenvalue weighted by atomic mass is 35.5. The molecule has 2 nitrogen and oxygen atoms in total. The largest absolute Gasteiger partial charge is 0.458 e. The first-order valence-electron chi connectivity index (χ1n) is 5.56. The zero-order valence-electron chi connectivity index (χ0n) is 9.84. The van der Waals surface area contributed by atoms with Crippen molar-refractivity contribution in [2.75, 3.05) is 6.54 Å². The standard InChI is InChI=1S/C13H15ClFNO/c1-8(2)13(15,7-16)12-6-9-5-10(14)3-4-11(9)17-12/h3-6,8H,7,16H2,1-2H3. The van der Waals surface area contributed by atoms with Gasteiger partial charge in [-0.25, -0.2) is 4.39 Å². The molecular weight excluding hydrogens is 241 g/mol. The maximum Gasteiger partial charge on any atom is 0.182 e. The highest BCUT2D eigenvalue weighted by Gasteiger charge is 2.37. The minimum absolute atomic E-state index is 0.0990. The molecule has 2 rings (SSSR count). The summed E-state index contributed by atoms with van der Waals surface area (Å²) in [6.07, 6.45) is 0. The number of furan rings is 1. The molecule has 0 spiro atoms. The van der Waals surface area contributed by atoms with E-state index in [0.29, 0.717) is 10.6 Å². The van der Waals surface area contributed by atoms with E-state index in [1.807, 2.05) is 0 Å². The van der Waals surface area contributed by atoms with Crippen molar-refractivity contribution in [1.29, 1.82) is 0 Å². The summed E-state index contributed by atoms with van der Waals surface area (Å²) in [7, 11) is 0. The Kier molecular flexibility index (Phi) is 3.15. The number of hydrogen-bond acceptors (Lipinski definition) is 2.